The molecule has 8 nitrogen and oxygen atoms in total. The third kappa shape index (κ3) is 1.75. The minimum absolute atomic E-state index is 0.0570. The number of benzene rings is 1. The molecule has 0 fully saturated rings. The molecule has 3 rings (SSSR count). The van der Waals surface area contributed by atoms with Crippen molar-refractivity contribution < 1.29 is 14.4 Å². The van der Waals surface area contributed by atoms with E-state index in [0.717, 1.165) is 4.90 Å². The van der Waals surface area contributed by atoms with Crippen molar-refractivity contribution in [1.29, 1.82) is 0 Å². The number of amides is 2. The highest BCUT2D eigenvalue weighted by molar-refractivity contribution is 6.21. The Morgan fingerprint density at radius 1 is 1.10 bits per heavy atom. The predicted octanol–water partition coefficient (Wildman–Crippen LogP) is 0.143. The van der Waals surface area contributed by atoms with E-state index in [1.807, 2.05) is 0 Å². The second kappa shape index (κ2) is 4.60. The number of hydrogen-bond donors (Lipinski definition) is 1. The van der Waals surface area contributed by atoms with Crippen molar-refractivity contribution in [2.24, 2.45) is 10.4 Å². The Balaban J connectivity index is 1.74. The molecule has 20 heavy (non-hydrogen) atoms. The maximum absolute atomic E-state index is 12.1. The van der Waals surface area contributed by atoms with Gasteiger partial charge in [0.25, 0.3) is 11.8 Å². The second-order valence-electron chi connectivity index (χ2n) is 4.18. The fourth-order valence-corrected chi connectivity index (χ4v) is 2.10. The molecular formula is C12H9N5O3. The summed E-state index contributed by atoms with van der Waals surface area (Å²) < 4.78 is 0. The van der Waals surface area contributed by atoms with Gasteiger partial charge in [0.15, 0.2) is 5.94 Å². The van der Waals surface area contributed by atoms with Crippen molar-refractivity contribution in [1.82, 2.24) is 15.3 Å². The summed E-state index contributed by atoms with van der Waals surface area (Å²) in [6, 6.07) is 6.64. The van der Waals surface area contributed by atoms with Gasteiger partial charge in [0.1, 0.15) is 0 Å². The first-order valence-electron chi connectivity index (χ1n) is 5.87. The van der Waals surface area contributed by atoms with E-state index in [1.54, 1.807) is 30.2 Å². The van der Waals surface area contributed by atoms with Crippen molar-refractivity contribution in [3.63, 3.8) is 0 Å². The first-order valence-corrected chi connectivity index (χ1v) is 5.87. The van der Waals surface area contributed by atoms with Crippen LogP contribution in [0.2, 0.25) is 0 Å². The summed E-state index contributed by atoms with van der Waals surface area (Å²) in [5, 5.41) is 8.35. The summed E-state index contributed by atoms with van der Waals surface area (Å²) >= 11 is 0. The molecule has 1 aromatic carbocycles. The van der Waals surface area contributed by atoms with Crippen LogP contribution in [0.1, 0.15) is 20.7 Å². The number of hydrogen-bond acceptors (Lipinski definition) is 7. The molecule has 0 spiro atoms. The average Bonchev–Trinajstić information content (AvgIpc) is 3.02. The van der Waals surface area contributed by atoms with Gasteiger partial charge in [-0.25, -0.2) is 15.2 Å². The molecule has 0 radical (unpaired) electrons. The fraction of sp³-hybridized carbons (Fsp3) is 0.167. The van der Waals surface area contributed by atoms with E-state index in [-0.39, 0.29) is 30.7 Å². The monoisotopic (exact) mass is 271 g/mol. The van der Waals surface area contributed by atoms with Gasteiger partial charge in [-0.05, 0) is 22.6 Å². The lowest BCUT2D eigenvalue weighted by Crippen LogP contribution is -2.36. The smallest absolute Gasteiger partial charge is 0.261 e. The van der Waals surface area contributed by atoms with E-state index in [9.17, 15) is 14.4 Å². The lowest BCUT2D eigenvalue weighted by atomic mass is 10.1. The van der Waals surface area contributed by atoms with Crippen LogP contribution < -0.4 is 5.43 Å². The number of nitrogens with zero attached hydrogens (tertiary/aromatic N) is 4. The molecule has 1 N–H and O–H groups in total. The molecule has 0 unspecified atom stereocenters. The zero-order valence-electron chi connectivity index (χ0n) is 10.2. The van der Waals surface area contributed by atoms with Crippen molar-refractivity contribution in [2.45, 2.75) is 0 Å². The molecule has 0 saturated carbocycles. The minimum Gasteiger partial charge on any atom is -0.272 e. The van der Waals surface area contributed by atoms with Gasteiger partial charge in [0, 0.05) is 6.54 Å². The zero-order chi connectivity index (χ0) is 14.1. The Kier molecular flexibility index (Phi) is 2.77. The summed E-state index contributed by atoms with van der Waals surface area (Å²) in [6.07, 6.45) is 0. The summed E-state index contributed by atoms with van der Waals surface area (Å²) in [6.45, 7) is 0.283. The van der Waals surface area contributed by atoms with E-state index in [2.05, 4.69) is 15.9 Å². The van der Waals surface area contributed by atoms with Crippen LogP contribution in [0, 0.1) is 0 Å². The molecule has 0 aromatic heterocycles. The molecule has 0 bridgehead atoms. The quantitative estimate of drug-likeness (QED) is 0.623. The average molecular weight is 271 g/mol. The highest BCUT2D eigenvalue weighted by atomic mass is 16.2. The van der Waals surface area contributed by atoms with Gasteiger partial charge in [-0.15, -0.1) is 0 Å². The molecule has 0 atom stereocenters. The molecule has 1 aromatic rings. The number of nitrogens with one attached hydrogen (secondary N) is 1. The Hall–Kier alpha value is -2.99. The lowest BCUT2D eigenvalue weighted by molar-refractivity contribution is 0.0643. The van der Waals surface area contributed by atoms with Crippen LogP contribution in [0.5, 0.6) is 0 Å². The number of imide groups is 1. The Morgan fingerprint density at radius 3 is 2.35 bits per heavy atom. The first-order chi connectivity index (χ1) is 9.72. The molecule has 0 saturated heterocycles. The topological polar surface area (TPSA) is 94.4 Å². The highest BCUT2D eigenvalue weighted by Crippen LogP contribution is 2.22. The maximum atomic E-state index is 12.1. The van der Waals surface area contributed by atoms with E-state index in [1.165, 1.54) is 5.01 Å². The lowest BCUT2D eigenvalue weighted by Gasteiger charge is -2.16. The van der Waals surface area contributed by atoms with Crippen molar-refractivity contribution in [2.75, 3.05) is 13.1 Å². The zero-order valence-corrected chi connectivity index (χ0v) is 10.2. The molecule has 8 heteroatoms. The van der Waals surface area contributed by atoms with Gasteiger partial charge in [-0.3, -0.25) is 14.5 Å². The van der Waals surface area contributed by atoms with Crippen LogP contribution in [0.15, 0.2) is 40.5 Å². The minimum atomic E-state index is -0.341. The van der Waals surface area contributed by atoms with Gasteiger partial charge in [-0.1, -0.05) is 12.1 Å². The molecular weight excluding hydrogens is 262 g/mol. The van der Waals surface area contributed by atoms with Crippen LogP contribution >= 0.6 is 0 Å². The van der Waals surface area contributed by atoms with Crippen LogP contribution in [-0.2, 0) is 4.79 Å². The van der Waals surface area contributed by atoms with E-state index in [0.29, 0.717) is 11.1 Å². The number of fused-ring (bicyclic) bond motifs is 1. The maximum Gasteiger partial charge on any atom is 0.261 e. The summed E-state index contributed by atoms with van der Waals surface area (Å²) in [5.41, 5.74) is 3.15. The van der Waals surface area contributed by atoms with Gasteiger partial charge in [-0.2, -0.15) is 0 Å². The highest BCUT2D eigenvalue weighted by Gasteiger charge is 2.35. The van der Waals surface area contributed by atoms with Crippen molar-refractivity contribution in [3.8, 4) is 0 Å². The third-order valence-electron chi connectivity index (χ3n) is 3.08. The number of carbonyl (C=O) groups excluding carboxylic acids is 3. The van der Waals surface area contributed by atoms with Crippen molar-refractivity contribution >= 4 is 17.8 Å². The molecule has 0 aliphatic carbocycles. The normalized spacial score (nSPS) is 16.5. The van der Waals surface area contributed by atoms with Crippen LogP contribution in [0.25, 0.3) is 0 Å². The summed E-state index contributed by atoms with van der Waals surface area (Å²) in [4.78, 5) is 35.9. The molecule has 2 amide bonds. The molecule has 2 aliphatic heterocycles. The third-order valence-corrected chi connectivity index (χ3v) is 3.08. The second-order valence-corrected chi connectivity index (χ2v) is 4.18. The van der Waals surface area contributed by atoms with E-state index >= 15 is 0 Å². The standard InChI is InChI=1S/C12H9N5O3/c18-7-10-13-14-15-17(10)6-5-16-11(19)8-3-1-2-4-9(8)12(16)20/h1-4H,5-6H2,(H,13,15). The first kappa shape index (κ1) is 12.1. The molecule has 2 heterocycles. The van der Waals surface area contributed by atoms with Crippen molar-refractivity contribution in [3.05, 3.63) is 41.2 Å². The molecule has 2 aliphatic rings. The number of carbonyl (C=O) groups is 2. The van der Waals surface area contributed by atoms with E-state index < -0.39 is 0 Å². The van der Waals surface area contributed by atoms with E-state index in [4.69, 9.17) is 0 Å². The van der Waals surface area contributed by atoms with Gasteiger partial charge in [0.2, 0.25) is 5.82 Å². The van der Waals surface area contributed by atoms with Crippen LogP contribution in [0.3, 0.4) is 0 Å². The predicted molar refractivity (Wildman–Crippen MR) is 65.7 cm³/mol. The number of rotatable bonds is 3. The Bertz CT molecular complexity index is 642. The molecule has 100 valence electrons. The van der Waals surface area contributed by atoms with Gasteiger partial charge < -0.3 is 0 Å². The van der Waals surface area contributed by atoms with Gasteiger partial charge >= 0.3 is 0 Å². The largest absolute Gasteiger partial charge is 0.272 e. The fourth-order valence-electron chi connectivity index (χ4n) is 2.10. The Labute approximate surface area is 113 Å². The van der Waals surface area contributed by atoms with Crippen LogP contribution in [-0.4, -0.2) is 40.8 Å². The van der Waals surface area contributed by atoms with Crippen LogP contribution in [0.4, 0.5) is 0 Å². The Morgan fingerprint density at radius 2 is 1.75 bits per heavy atom. The summed E-state index contributed by atoms with van der Waals surface area (Å²) in [5.74, 6) is 1.01. The SMILES string of the molecule is O=C=C1NN=NN1CCN1C(=O)c2ccccc2C1=O. The summed E-state index contributed by atoms with van der Waals surface area (Å²) in [7, 11) is 0. The van der Waals surface area contributed by atoms with Gasteiger partial charge in [0.05, 0.1) is 17.7 Å².